The molecule has 2 aliphatic heterocycles. The van der Waals surface area contributed by atoms with Crippen molar-refractivity contribution in [2.75, 3.05) is 63.7 Å². The Hall–Kier alpha value is -3.76. The Kier molecular flexibility index (Phi) is 11.1. The molecule has 2 aromatic carbocycles. The van der Waals surface area contributed by atoms with Crippen LogP contribution in [0.3, 0.4) is 0 Å². The van der Waals surface area contributed by atoms with Gasteiger partial charge in [-0.1, -0.05) is 12.1 Å². The third-order valence-corrected chi connectivity index (χ3v) is 11.1. The number of nitriles is 1. The zero-order chi connectivity index (χ0) is 35.5. The molecule has 13 nitrogen and oxygen atoms in total. The average molecular weight is 716 g/mol. The van der Waals surface area contributed by atoms with Gasteiger partial charge in [0.1, 0.15) is 11.4 Å². The number of rotatable bonds is 10. The molecule has 0 bridgehead atoms. The summed E-state index contributed by atoms with van der Waals surface area (Å²) in [6.45, 7) is 0.360. The second kappa shape index (κ2) is 14.4. The summed E-state index contributed by atoms with van der Waals surface area (Å²) >= 11 is 0. The number of amides is 2. The molecule has 2 saturated heterocycles. The van der Waals surface area contributed by atoms with Crippen molar-refractivity contribution in [1.82, 2.24) is 13.5 Å². The van der Waals surface area contributed by atoms with E-state index in [1.165, 1.54) is 25.6 Å². The molecule has 0 spiro atoms. The zero-order valence-electron chi connectivity index (χ0n) is 26.2. The minimum absolute atomic E-state index is 0.0118. The van der Waals surface area contributed by atoms with Gasteiger partial charge in [-0.15, -0.1) is 0 Å². The van der Waals surface area contributed by atoms with Crippen LogP contribution in [-0.2, 0) is 42.2 Å². The van der Waals surface area contributed by atoms with E-state index in [1.807, 2.05) is 0 Å². The fourth-order valence-corrected chi connectivity index (χ4v) is 7.53. The molecule has 2 amide bonds. The number of piperazine rings is 1. The van der Waals surface area contributed by atoms with Crippen molar-refractivity contribution >= 4 is 37.5 Å². The fourth-order valence-electron chi connectivity index (χ4n) is 5.83. The molecule has 4 rings (SSSR count). The van der Waals surface area contributed by atoms with Crippen LogP contribution in [0.5, 0.6) is 5.75 Å². The van der Waals surface area contributed by atoms with Gasteiger partial charge in [-0.05, 0) is 54.7 Å². The highest BCUT2D eigenvalue weighted by Gasteiger charge is 2.46. The Morgan fingerprint density at radius 1 is 0.958 bits per heavy atom. The normalized spacial score (nSPS) is 18.5. The lowest BCUT2D eigenvalue weighted by molar-refractivity contribution is -0.142. The van der Waals surface area contributed by atoms with Crippen molar-refractivity contribution in [3.63, 3.8) is 0 Å². The first-order valence-electron chi connectivity index (χ1n) is 14.9. The van der Waals surface area contributed by atoms with Crippen LogP contribution in [-0.4, -0.2) is 111 Å². The van der Waals surface area contributed by atoms with Crippen LogP contribution in [0.25, 0.3) is 0 Å². The number of carbonyl (C=O) groups excluding carboxylic acids is 2. The fraction of sp³-hybridized carbons (Fsp3) is 0.500. The highest BCUT2D eigenvalue weighted by molar-refractivity contribution is 7.88. The third kappa shape index (κ3) is 9.02. The van der Waals surface area contributed by atoms with Gasteiger partial charge in [-0.25, -0.2) is 21.1 Å². The number of alkyl halides is 3. The van der Waals surface area contributed by atoms with E-state index in [-0.39, 0.29) is 82.5 Å². The number of piperidine rings is 1. The van der Waals surface area contributed by atoms with Gasteiger partial charge >= 0.3 is 6.18 Å². The zero-order valence-corrected chi connectivity index (χ0v) is 27.9. The van der Waals surface area contributed by atoms with Crippen molar-refractivity contribution in [2.45, 2.75) is 31.0 Å². The third-order valence-electron chi connectivity index (χ3n) is 8.49. The number of nitrogens with zero attached hydrogens (tertiary/aromatic N) is 4. The average Bonchev–Trinajstić information content (AvgIpc) is 3.02. The lowest BCUT2D eigenvalue weighted by atomic mass is 9.76. The molecule has 1 unspecified atom stereocenters. The first kappa shape index (κ1) is 37.1. The first-order valence-corrected chi connectivity index (χ1v) is 18.6. The van der Waals surface area contributed by atoms with Crippen molar-refractivity contribution in [3.05, 3.63) is 59.2 Å². The summed E-state index contributed by atoms with van der Waals surface area (Å²) in [4.78, 5) is 27.9. The molecule has 2 N–H and O–H groups in total. The van der Waals surface area contributed by atoms with Crippen LogP contribution in [0, 0.1) is 17.2 Å². The SMILES string of the molecule is CS(=O)(=O)N1CCC(C(O)(Cc2cccc(OCC(=O)N3CCN(S(C)(=O)=O)CC3)c2)C(=O)Nc2ccc(C#N)c(C(F)(F)F)c2)CC1. The van der Waals surface area contributed by atoms with Gasteiger partial charge in [-0.2, -0.15) is 22.7 Å². The Balaban J connectivity index is 1.52. The highest BCUT2D eigenvalue weighted by Crippen LogP contribution is 2.36. The molecular formula is C30H36F3N5O8S2. The maximum absolute atomic E-state index is 13.7. The largest absolute Gasteiger partial charge is 0.484 e. The molecule has 2 fully saturated rings. The van der Waals surface area contributed by atoms with E-state index in [9.17, 15) is 44.7 Å². The number of nitrogens with one attached hydrogen (secondary N) is 1. The van der Waals surface area contributed by atoms with Crippen LogP contribution >= 0.6 is 0 Å². The smallest absolute Gasteiger partial charge is 0.417 e. The van der Waals surface area contributed by atoms with Gasteiger partial charge in [-0.3, -0.25) is 9.59 Å². The van der Waals surface area contributed by atoms with Gasteiger partial charge in [0.15, 0.2) is 6.61 Å². The molecule has 2 heterocycles. The number of hydrogen-bond donors (Lipinski definition) is 2. The maximum atomic E-state index is 13.7. The Morgan fingerprint density at radius 2 is 1.56 bits per heavy atom. The first-order chi connectivity index (χ1) is 22.3. The van der Waals surface area contributed by atoms with Gasteiger partial charge in [0, 0.05) is 51.4 Å². The number of benzene rings is 2. The summed E-state index contributed by atoms with van der Waals surface area (Å²) < 4.78 is 96.6. The molecule has 262 valence electrons. The quantitative estimate of drug-likeness (QED) is 0.370. The van der Waals surface area contributed by atoms with Crippen molar-refractivity contribution < 1.29 is 49.4 Å². The lowest BCUT2D eigenvalue weighted by Crippen LogP contribution is -2.54. The standard InChI is InChI=1S/C30H36F3N5O8S2/c1-47(42,43)37-10-8-23(9-11-37)29(41,28(40)35-24-7-6-22(19-34)26(17-24)30(31,32)33)18-21-4-3-5-25(16-21)46-20-27(39)36-12-14-38(15-13-36)48(2,44)45/h3-7,16-17,23,41H,8-15,18,20H2,1-2H3,(H,35,40). The van der Waals surface area contributed by atoms with Crippen LogP contribution in [0.4, 0.5) is 18.9 Å². The number of ether oxygens (including phenoxy) is 1. The Morgan fingerprint density at radius 3 is 2.12 bits per heavy atom. The Labute approximate surface area is 277 Å². The summed E-state index contributed by atoms with van der Waals surface area (Å²) in [5.74, 6) is -1.96. The predicted molar refractivity (Wildman–Crippen MR) is 168 cm³/mol. The number of anilines is 1. The van der Waals surface area contributed by atoms with Gasteiger partial charge in [0.05, 0.1) is 29.7 Å². The highest BCUT2D eigenvalue weighted by atomic mass is 32.2. The molecule has 0 aromatic heterocycles. The molecule has 0 radical (unpaired) electrons. The summed E-state index contributed by atoms with van der Waals surface area (Å²) in [5, 5.41) is 23.5. The number of aliphatic hydroxyl groups is 1. The molecular weight excluding hydrogens is 679 g/mol. The summed E-state index contributed by atoms with van der Waals surface area (Å²) in [6, 6.07) is 10.3. The van der Waals surface area contributed by atoms with Gasteiger partial charge < -0.3 is 20.1 Å². The van der Waals surface area contributed by atoms with Gasteiger partial charge in [0.25, 0.3) is 11.8 Å². The van der Waals surface area contributed by atoms with E-state index in [0.29, 0.717) is 11.6 Å². The minimum atomic E-state index is -4.88. The van der Waals surface area contributed by atoms with Crippen molar-refractivity contribution in [2.24, 2.45) is 5.92 Å². The monoisotopic (exact) mass is 715 g/mol. The molecule has 1 atom stereocenters. The molecule has 18 heteroatoms. The second-order valence-electron chi connectivity index (χ2n) is 11.8. The maximum Gasteiger partial charge on any atom is 0.417 e. The van der Waals surface area contributed by atoms with E-state index < -0.39 is 54.8 Å². The molecule has 2 aromatic rings. The molecule has 48 heavy (non-hydrogen) atoms. The van der Waals surface area contributed by atoms with Crippen molar-refractivity contribution in [3.8, 4) is 11.8 Å². The number of carbonyl (C=O) groups is 2. The van der Waals surface area contributed by atoms with Crippen LogP contribution in [0.15, 0.2) is 42.5 Å². The number of sulfonamides is 2. The number of halogens is 3. The molecule has 0 saturated carbocycles. The van der Waals surface area contributed by atoms with E-state index in [2.05, 4.69) is 5.32 Å². The van der Waals surface area contributed by atoms with Crippen LogP contribution in [0.2, 0.25) is 0 Å². The molecule has 2 aliphatic rings. The molecule has 0 aliphatic carbocycles. The predicted octanol–water partition coefficient (Wildman–Crippen LogP) is 1.64. The minimum Gasteiger partial charge on any atom is -0.484 e. The van der Waals surface area contributed by atoms with Crippen LogP contribution in [0.1, 0.15) is 29.5 Å². The van der Waals surface area contributed by atoms with E-state index in [4.69, 9.17) is 10.00 Å². The Bertz CT molecular complexity index is 1780. The topological polar surface area (TPSA) is 177 Å². The number of hydrogen-bond acceptors (Lipinski definition) is 9. The summed E-state index contributed by atoms with van der Waals surface area (Å²) in [5.41, 5.74) is -4.03. The summed E-state index contributed by atoms with van der Waals surface area (Å²) in [6.07, 6.45) is -2.91. The van der Waals surface area contributed by atoms with E-state index >= 15 is 0 Å². The second-order valence-corrected chi connectivity index (χ2v) is 15.8. The van der Waals surface area contributed by atoms with Crippen molar-refractivity contribution in [1.29, 1.82) is 5.26 Å². The summed E-state index contributed by atoms with van der Waals surface area (Å²) in [7, 11) is -6.92. The van der Waals surface area contributed by atoms with E-state index in [1.54, 1.807) is 18.2 Å². The van der Waals surface area contributed by atoms with Gasteiger partial charge in [0.2, 0.25) is 20.0 Å². The van der Waals surface area contributed by atoms with Crippen LogP contribution < -0.4 is 10.1 Å². The lowest BCUT2D eigenvalue weighted by Gasteiger charge is -2.40. The van der Waals surface area contributed by atoms with E-state index in [0.717, 1.165) is 24.6 Å².